The van der Waals surface area contributed by atoms with Gasteiger partial charge in [0.2, 0.25) is 0 Å². The van der Waals surface area contributed by atoms with Crippen LogP contribution in [0.3, 0.4) is 0 Å². The fourth-order valence-electron chi connectivity index (χ4n) is 4.46. The van der Waals surface area contributed by atoms with Crippen molar-refractivity contribution in [2.75, 3.05) is 0 Å². The second-order valence-corrected chi connectivity index (χ2v) is 9.44. The van der Waals surface area contributed by atoms with Crippen molar-refractivity contribution < 1.29 is 0 Å². The lowest BCUT2D eigenvalue weighted by Gasteiger charge is -2.37. The fourth-order valence-corrected chi connectivity index (χ4v) is 4.46. The molecular weight excluding hydrogens is 312 g/mol. The fraction of sp³-hybridized carbons (Fsp3) is 1.00. The third-order valence-electron chi connectivity index (χ3n) is 6.88. The summed E-state index contributed by atoms with van der Waals surface area (Å²) < 4.78 is 0. The van der Waals surface area contributed by atoms with Crippen LogP contribution in [-0.4, -0.2) is 0 Å². The van der Waals surface area contributed by atoms with E-state index in [1.807, 2.05) is 0 Å². The average molecular weight is 367 g/mol. The molecule has 2 unspecified atom stereocenters. The van der Waals surface area contributed by atoms with Crippen molar-refractivity contribution in [3.8, 4) is 0 Å². The van der Waals surface area contributed by atoms with Crippen LogP contribution in [0.1, 0.15) is 157 Å². The predicted molar refractivity (Wildman–Crippen MR) is 122 cm³/mol. The van der Waals surface area contributed by atoms with Crippen molar-refractivity contribution in [3.63, 3.8) is 0 Å². The predicted octanol–water partition coefficient (Wildman–Crippen LogP) is 10.1. The summed E-state index contributed by atoms with van der Waals surface area (Å²) in [5.74, 6) is 0.908. The van der Waals surface area contributed by atoms with E-state index >= 15 is 0 Å². The van der Waals surface area contributed by atoms with E-state index in [0.29, 0.717) is 5.41 Å². The molecule has 0 saturated carbocycles. The van der Waals surface area contributed by atoms with Crippen LogP contribution < -0.4 is 0 Å². The van der Waals surface area contributed by atoms with Crippen molar-refractivity contribution in [3.05, 3.63) is 0 Å². The zero-order chi connectivity index (χ0) is 19.5. The second kappa shape index (κ2) is 18.4. The third-order valence-corrected chi connectivity index (χ3v) is 6.88. The quantitative estimate of drug-likeness (QED) is 0.188. The molecule has 0 bridgehead atoms. The van der Waals surface area contributed by atoms with Gasteiger partial charge in [0.25, 0.3) is 0 Å². The lowest BCUT2D eigenvalue weighted by atomic mass is 9.69. The summed E-state index contributed by atoms with van der Waals surface area (Å²) in [4.78, 5) is 0. The molecule has 0 aliphatic rings. The molecule has 0 aliphatic heterocycles. The van der Waals surface area contributed by atoms with Gasteiger partial charge in [-0.05, 0) is 24.2 Å². The van der Waals surface area contributed by atoms with Crippen LogP contribution in [0, 0.1) is 11.3 Å². The Morgan fingerprint density at radius 1 is 0.500 bits per heavy atom. The SMILES string of the molecule is CCCCCCCCCC(C)(CCCCCCC)C(C)CCCCCC. The Balaban J connectivity index is 4.23. The van der Waals surface area contributed by atoms with Gasteiger partial charge in [-0.3, -0.25) is 0 Å². The van der Waals surface area contributed by atoms with Crippen LogP contribution in [-0.2, 0) is 0 Å². The summed E-state index contributed by atoms with van der Waals surface area (Å²) >= 11 is 0. The van der Waals surface area contributed by atoms with Crippen molar-refractivity contribution in [2.24, 2.45) is 11.3 Å². The molecule has 0 rings (SSSR count). The van der Waals surface area contributed by atoms with E-state index in [4.69, 9.17) is 0 Å². The monoisotopic (exact) mass is 366 g/mol. The van der Waals surface area contributed by atoms with E-state index < -0.39 is 0 Å². The molecule has 26 heavy (non-hydrogen) atoms. The Hall–Kier alpha value is 0. The van der Waals surface area contributed by atoms with Gasteiger partial charge in [-0.15, -0.1) is 0 Å². The van der Waals surface area contributed by atoms with Gasteiger partial charge in [0, 0.05) is 0 Å². The maximum Gasteiger partial charge on any atom is -0.0300 e. The van der Waals surface area contributed by atoms with E-state index in [-0.39, 0.29) is 0 Å². The van der Waals surface area contributed by atoms with Gasteiger partial charge in [0.05, 0.1) is 0 Å². The summed E-state index contributed by atoms with van der Waals surface area (Å²) in [7, 11) is 0. The van der Waals surface area contributed by atoms with E-state index in [9.17, 15) is 0 Å². The lowest BCUT2D eigenvalue weighted by molar-refractivity contribution is 0.144. The van der Waals surface area contributed by atoms with Crippen LogP contribution in [0.25, 0.3) is 0 Å². The molecule has 0 spiro atoms. The molecule has 2 atom stereocenters. The molecule has 0 fully saturated rings. The first-order valence-electron chi connectivity index (χ1n) is 12.6. The van der Waals surface area contributed by atoms with E-state index in [0.717, 1.165) is 5.92 Å². The van der Waals surface area contributed by atoms with Crippen LogP contribution in [0.5, 0.6) is 0 Å². The molecule has 0 aromatic rings. The second-order valence-electron chi connectivity index (χ2n) is 9.44. The number of unbranched alkanes of at least 4 members (excludes halogenated alkanes) is 13. The first-order valence-corrected chi connectivity index (χ1v) is 12.6. The minimum Gasteiger partial charge on any atom is -0.0654 e. The van der Waals surface area contributed by atoms with Crippen LogP contribution in [0.2, 0.25) is 0 Å². The normalized spacial score (nSPS) is 15.1. The molecular formula is C26H54. The smallest absolute Gasteiger partial charge is 0.0300 e. The Morgan fingerprint density at radius 2 is 0.846 bits per heavy atom. The average Bonchev–Trinajstić information content (AvgIpc) is 2.64. The zero-order valence-corrected chi connectivity index (χ0v) is 19.5. The summed E-state index contributed by atoms with van der Waals surface area (Å²) in [6.45, 7) is 12.2. The Bertz CT molecular complexity index is 269. The van der Waals surface area contributed by atoms with Crippen molar-refractivity contribution in [2.45, 2.75) is 157 Å². The summed E-state index contributed by atoms with van der Waals surface area (Å²) in [5, 5.41) is 0. The highest BCUT2D eigenvalue weighted by atomic mass is 14.3. The minimum absolute atomic E-state index is 0.599. The van der Waals surface area contributed by atoms with Gasteiger partial charge in [0.15, 0.2) is 0 Å². The summed E-state index contributed by atoms with van der Waals surface area (Å²) in [5.41, 5.74) is 0.599. The van der Waals surface area contributed by atoms with Crippen LogP contribution >= 0.6 is 0 Å². The highest BCUT2D eigenvalue weighted by molar-refractivity contribution is 4.80. The van der Waals surface area contributed by atoms with Crippen LogP contribution in [0.4, 0.5) is 0 Å². The summed E-state index contributed by atoms with van der Waals surface area (Å²) in [6.07, 6.45) is 27.4. The maximum absolute atomic E-state index is 2.63. The topological polar surface area (TPSA) is 0 Å². The van der Waals surface area contributed by atoms with Gasteiger partial charge in [0.1, 0.15) is 0 Å². The molecule has 0 aliphatic carbocycles. The highest BCUT2D eigenvalue weighted by Gasteiger charge is 2.29. The van der Waals surface area contributed by atoms with E-state index in [1.165, 1.54) is 122 Å². The van der Waals surface area contributed by atoms with Crippen molar-refractivity contribution in [1.82, 2.24) is 0 Å². The molecule has 0 heterocycles. The first kappa shape index (κ1) is 26.0. The van der Waals surface area contributed by atoms with Gasteiger partial charge in [-0.2, -0.15) is 0 Å². The zero-order valence-electron chi connectivity index (χ0n) is 19.5. The molecule has 0 aromatic heterocycles. The van der Waals surface area contributed by atoms with Crippen molar-refractivity contribution in [1.29, 1.82) is 0 Å². The van der Waals surface area contributed by atoms with Gasteiger partial charge in [-0.1, -0.05) is 144 Å². The van der Waals surface area contributed by atoms with Crippen molar-refractivity contribution >= 4 is 0 Å². The number of hydrogen-bond acceptors (Lipinski definition) is 0. The molecule has 0 N–H and O–H groups in total. The Labute approximate surface area is 168 Å². The lowest BCUT2D eigenvalue weighted by Crippen LogP contribution is -2.26. The Morgan fingerprint density at radius 3 is 1.27 bits per heavy atom. The number of rotatable bonds is 20. The Kier molecular flexibility index (Phi) is 18.4. The molecule has 0 saturated heterocycles. The number of hydrogen-bond donors (Lipinski definition) is 0. The van der Waals surface area contributed by atoms with Gasteiger partial charge in [-0.25, -0.2) is 0 Å². The molecule has 0 nitrogen and oxygen atoms in total. The molecule has 0 heteroatoms. The van der Waals surface area contributed by atoms with Gasteiger partial charge >= 0.3 is 0 Å². The van der Waals surface area contributed by atoms with Gasteiger partial charge < -0.3 is 0 Å². The third kappa shape index (κ3) is 14.1. The first-order chi connectivity index (χ1) is 12.6. The molecule has 0 amide bonds. The van der Waals surface area contributed by atoms with E-state index in [1.54, 1.807) is 0 Å². The van der Waals surface area contributed by atoms with Crippen LogP contribution in [0.15, 0.2) is 0 Å². The van der Waals surface area contributed by atoms with E-state index in [2.05, 4.69) is 34.6 Å². The molecule has 0 aromatic carbocycles. The molecule has 0 radical (unpaired) electrons. The minimum atomic E-state index is 0.599. The highest BCUT2D eigenvalue weighted by Crippen LogP contribution is 2.41. The molecule has 158 valence electrons. The summed E-state index contributed by atoms with van der Waals surface area (Å²) in [6, 6.07) is 0. The standard InChI is InChI=1S/C26H54/c1-6-9-12-15-16-18-21-24-26(5,23-20-17-13-10-7-2)25(4)22-19-14-11-8-3/h25H,6-24H2,1-5H3. The maximum atomic E-state index is 2.63. The largest absolute Gasteiger partial charge is 0.0654 e.